The lowest BCUT2D eigenvalue weighted by atomic mass is 10.2. The Morgan fingerprint density at radius 1 is 1.21 bits per heavy atom. The lowest BCUT2D eigenvalue weighted by molar-refractivity contribution is 0.571. The van der Waals surface area contributed by atoms with Crippen molar-refractivity contribution in [3.8, 4) is 0 Å². The molecule has 0 bridgehead atoms. The Morgan fingerprint density at radius 3 is 2.50 bits per heavy atom. The highest BCUT2D eigenvalue weighted by atomic mass is 32.2. The Bertz CT molecular complexity index is 248. The van der Waals surface area contributed by atoms with Crippen LogP contribution < -0.4 is 10.5 Å². The summed E-state index contributed by atoms with van der Waals surface area (Å²) < 4.78 is 25.4. The van der Waals surface area contributed by atoms with Crippen molar-refractivity contribution >= 4 is 10.0 Å². The highest BCUT2D eigenvalue weighted by Crippen LogP contribution is 2.29. The minimum atomic E-state index is -2.99. The van der Waals surface area contributed by atoms with Crippen LogP contribution in [0.3, 0.4) is 0 Å². The molecule has 0 spiro atoms. The molecule has 84 valence electrons. The number of hydrogen-bond acceptors (Lipinski definition) is 3. The molecule has 5 heteroatoms. The molecule has 0 atom stereocenters. The fraction of sp³-hybridized carbons (Fsp3) is 1.00. The molecule has 1 aliphatic rings. The number of sulfonamides is 1. The van der Waals surface area contributed by atoms with Gasteiger partial charge in [0.05, 0.1) is 5.75 Å². The van der Waals surface area contributed by atoms with Crippen molar-refractivity contribution in [2.75, 3.05) is 18.8 Å². The molecule has 1 aliphatic carbocycles. The third-order valence-corrected chi connectivity index (χ3v) is 3.91. The number of hydrogen-bond donors (Lipinski definition) is 2. The van der Waals surface area contributed by atoms with E-state index in [0.29, 0.717) is 24.8 Å². The number of nitrogens with one attached hydrogen (secondary N) is 1. The highest BCUT2D eigenvalue weighted by Gasteiger charge is 2.27. The van der Waals surface area contributed by atoms with Crippen LogP contribution in [-0.2, 0) is 10.0 Å². The van der Waals surface area contributed by atoms with Gasteiger partial charge in [-0.1, -0.05) is 6.42 Å². The quantitative estimate of drug-likeness (QED) is 0.583. The second kappa shape index (κ2) is 5.68. The molecule has 3 N–H and O–H groups in total. The molecule has 0 aromatic rings. The molecule has 14 heavy (non-hydrogen) atoms. The van der Waals surface area contributed by atoms with E-state index in [1.165, 1.54) is 0 Å². The van der Waals surface area contributed by atoms with Gasteiger partial charge >= 0.3 is 0 Å². The summed E-state index contributed by atoms with van der Waals surface area (Å²) in [6, 6.07) is 0. The van der Waals surface area contributed by atoms with Gasteiger partial charge in [0, 0.05) is 6.54 Å². The van der Waals surface area contributed by atoms with Gasteiger partial charge in [-0.15, -0.1) is 0 Å². The molecule has 0 aromatic carbocycles. The molecular formula is C9H20N2O2S. The Labute approximate surface area is 86.3 Å². The van der Waals surface area contributed by atoms with Crippen LogP contribution in [0, 0.1) is 5.92 Å². The zero-order valence-corrected chi connectivity index (χ0v) is 9.35. The molecule has 0 aliphatic heterocycles. The summed E-state index contributed by atoms with van der Waals surface area (Å²) in [6.45, 7) is 1.25. The summed E-state index contributed by atoms with van der Waals surface area (Å²) in [5.41, 5.74) is 5.33. The van der Waals surface area contributed by atoms with E-state index in [0.717, 1.165) is 32.1 Å². The van der Waals surface area contributed by atoms with Crippen LogP contribution in [0.2, 0.25) is 0 Å². The van der Waals surface area contributed by atoms with Crippen LogP contribution in [0.4, 0.5) is 0 Å². The van der Waals surface area contributed by atoms with Crippen molar-refractivity contribution in [2.45, 2.75) is 32.1 Å². The molecule has 0 unspecified atom stereocenters. The molecule has 0 amide bonds. The molecule has 0 saturated heterocycles. The van der Waals surface area contributed by atoms with Gasteiger partial charge in [-0.2, -0.15) is 0 Å². The van der Waals surface area contributed by atoms with Gasteiger partial charge < -0.3 is 5.73 Å². The zero-order chi connectivity index (χ0) is 10.4. The second-order valence-corrected chi connectivity index (χ2v) is 5.82. The van der Waals surface area contributed by atoms with Crippen LogP contribution in [0.15, 0.2) is 0 Å². The van der Waals surface area contributed by atoms with Crippen molar-refractivity contribution in [1.29, 1.82) is 0 Å². The predicted octanol–water partition coefficient (Wildman–Crippen LogP) is 0.445. The SMILES string of the molecule is NCCCCCNS(=O)(=O)CC1CC1. The van der Waals surface area contributed by atoms with Crippen molar-refractivity contribution in [1.82, 2.24) is 4.72 Å². The van der Waals surface area contributed by atoms with E-state index in [1.54, 1.807) is 0 Å². The van der Waals surface area contributed by atoms with E-state index < -0.39 is 10.0 Å². The molecule has 0 heterocycles. The van der Waals surface area contributed by atoms with Gasteiger partial charge in [0.15, 0.2) is 0 Å². The molecule has 4 nitrogen and oxygen atoms in total. The molecule has 0 radical (unpaired) electrons. The van der Waals surface area contributed by atoms with Crippen LogP contribution >= 0.6 is 0 Å². The van der Waals surface area contributed by atoms with E-state index in [-0.39, 0.29) is 0 Å². The summed E-state index contributed by atoms with van der Waals surface area (Å²) in [5.74, 6) is 0.751. The topological polar surface area (TPSA) is 72.2 Å². The van der Waals surface area contributed by atoms with Gasteiger partial charge in [-0.05, 0) is 38.1 Å². The third-order valence-electron chi connectivity index (χ3n) is 2.35. The summed E-state index contributed by atoms with van der Waals surface area (Å²) >= 11 is 0. The van der Waals surface area contributed by atoms with Gasteiger partial charge in [0.25, 0.3) is 0 Å². The monoisotopic (exact) mass is 220 g/mol. The Morgan fingerprint density at radius 2 is 1.93 bits per heavy atom. The van der Waals surface area contributed by atoms with Crippen molar-refractivity contribution in [3.05, 3.63) is 0 Å². The third kappa shape index (κ3) is 5.57. The normalized spacial score (nSPS) is 17.2. The minimum Gasteiger partial charge on any atom is -0.330 e. The first-order chi connectivity index (χ1) is 6.64. The van der Waals surface area contributed by atoms with E-state index >= 15 is 0 Å². The Hall–Kier alpha value is -0.130. The van der Waals surface area contributed by atoms with E-state index in [2.05, 4.69) is 4.72 Å². The van der Waals surface area contributed by atoms with Gasteiger partial charge in [0.1, 0.15) is 0 Å². The summed E-state index contributed by atoms with van der Waals surface area (Å²) in [5, 5.41) is 0. The van der Waals surface area contributed by atoms with E-state index in [1.807, 2.05) is 0 Å². The number of nitrogens with two attached hydrogens (primary N) is 1. The molecular weight excluding hydrogens is 200 g/mol. The maximum atomic E-state index is 11.4. The average Bonchev–Trinajstić information content (AvgIpc) is 2.87. The number of rotatable bonds is 8. The largest absolute Gasteiger partial charge is 0.330 e. The van der Waals surface area contributed by atoms with Gasteiger partial charge in [-0.25, -0.2) is 13.1 Å². The maximum Gasteiger partial charge on any atom is 0.211 e. The average molecular weight is 220 g/mol. The summed E-state index contributed by atoms with van der Waals surface area (Å²) in [4.78, 5) is 0. The second-order valence-electron chi connectivity index (χ2n) is 3.97. The smallest absolute Gasteiger partial charge is 0.211 e. The standard InChI is InChI=1S/C9H20N2O2S/c10-6-2-1-3-7-11-14(12,13)8-9-4-5-9/h9,11H,1-8,10H2. The first-order valence-electron chi connectivity index (χ1n) is 5.31. The van der Waals surface area contributed by atoms with Gasteiger partial charge in [-0.3, -0.25) is 0 Å². The van der Waals surface area contributed by atoms with E-state index in [4.69, 9.17) is 5.73 Å². The Kier molecular flexibility index (Phi) is 4.84. The zero-order valence-electron chi connectivity index (χ0n) is 8.54. The fourth-order valence-electron chi connectivity index (χ4n) is 1.33. The van der Waals surface area contributed by atoms with Crippen LogP contribution in [0.1, 0.15) is 32.1 Å². The number of unbranched alkanes of at least 4 members (excludes halogenated alkanes) is 2. The molecule has 1 fully saturated rings. The lowest BCUT2D eigenvalue weighted by Gasteiger charge is -2.05. The van der Waals surface area contributed by atoms with Crippen molar-refractivity contribution < 1.29 is 8.42 Å². The summed E-state index contributed by atoms with van der Waals surface area (Å²) in [6.07, 6.45) is 5.02. The molecule has 1 rings (SSSR count). The van der Waals surface area contributed by atoms with Crippen LogP contribution in [-0.4, -0.2) is 27.3 Å². The lowest BCUT2D eigenvalue weighted by Crippen LogP contribution is -2.28. The van der Waals surface area contributed by atoms with E-state index in [9.17, 15) is 8.42 Å². The van der Waals surface area contributed by atoms with Crippen molar-refractivity contribution in [3.63, 3.8) is 0 Å². The maximum absolute atomic E-state index is 11.4. The van der Waals surface area contributed by atoms with Gasteiger partial charge in [0.2, 0.25) is 10.0 Å². The molecule has 1 saturated carbocycles. The molecule has 0 aromatic heterocycles. The van der Waals surface area contributed by atoms with Crippen LogP contribution in [0.25, 0.3) is 0 Å². The van der Waals surface area contributed by atoms with Crippen molar-refractivity contribution in [2.24, 2.45) is 11.7 Å². The summed E-state index contributed by atoms with van der Waals surface area (Å²) in [7, 11) is -2.99. The first kappa shape index (κ1) is 11.9. The van der Waals surface area contributed by atoms with Crippen LogP contribution in [0.5, 0.6) is 0 Å². The first-order valence-corrected chi connectivity index (χ1v) is 6.96. The predicted molar refractivity (Wildman–Crippen MR) is 57.4 cm³/mol. The fourth-order valence-corrected chi connectivity index (χ4v) is 2.85. The Balaban J connectivity index is 2.03. The highest BCUT2D eigenvalue weighted by molar-refractivity contribution is 7.89. The minimum absolute atomic E-state index is 0.323.